The Kier molecular flexibility index (Phi) is 2.98. The molecule has 0 spiro atoms. The normalized spacial score (nSPS) is 9.94. The molecule has 2 aromatic rings. The molecule has 2 rings (SSSR count). The number of hydrogen-bond acceptors (Lipinski definition) is 4. The summed E-state index contributed by atoms with van der Waals surface area (Å²) in [4.78, 5) is 10.7. The minimum atomic E-state index is -1.06. The first kappa shape index (κ1) is 11.7. The minimum Gasteiger partial charge on any atom is -0.480 e. The molecule has 1 heterocycles. The molecule has 3 N–H and O–H groups in total. The standard InChI is InChI=1S/C12H10N4O2/c13-6-9-11(8-4-2-1-3-5-8)15-16(12(9)14)7-10(17)18/h1-5H,7,14H2,(H,17,18). The van der Waals surface area contributed by atoms with Crippen LogP contribution in [-0.4, -0.2) is 20.9 Å². The van der Waals surface area contributed by atoms with Crippen molar-refractivity contribution in [2.24, 2.45) is 0 Å². The number of anilines is 1. The molecule has 0 radical (unpaired) electrons. The molecule has 0 aliphatic rings. The SMILES string of the molecule is N#Cc1c(-c2ccccc2)nn(CC(=O)O)c1N. The first-order chi connectivity index (χ1) is 8.63. The number of nitrogen functional groups attached to an aromatic ring is 1. The molecule has 6 heteroatoms. The Labute approximate surface area is 103 Å². The van der Waals surface area contributed by atoms with Crippen molar-refractivity contribution in [2.75, 3.05) is 5.73 Å². The maximum absolute atomic E-state index is 10.7. The van der Waals surface area contributed by atoms with Gasteiger partial charge >= 0.3 is 5.97 Å². The lowest BCUT2D eigenvalue weighted by Crippen LogP contribution is -2.12. The molecule has 0 aliphatic carbocycles. The molecular formula is C12H10N4O2. The van der Waals surface area contributed by atoms with E-state index in [0.29, 0.717) is 5.69 Å². The average Bonchev–Trinajstić information content (AvgIpc) is 2.67. The summed E-state index contributed by atoms with van der Waals surface area (Å²) in [7, 11) is 0. The van der Waals surface area contributed by atoms with Gasteiger partial charge in [0, 0.05) is 5.56 Å². The maximum Gasteiger partial charge on any atom is 0.325 e. The summed E-state index contributed by atoms with van der Waals surface area (Å²) in [5, 5.41) is 21.9. The highest BCUT2D eigenvalue weighted by molar-refractivity contribution is 5.74. The van der Waals surface area contributed by atoms with Gasteiger partial charge in [-0.25, -0.2) is 4.68 Å². The number of hydrogen-bond donors (Lipinski definition) is 2. The number of benzene rings is 1. The number of aromatic nitrogens is 2. The lowest BCUT2D eigenvalue weighted by atomic mass is 10.1. The fourth-order valence-corrected chi connectivity index (χ4v) is 1.63. The topological polar surface area (TPSA) is 105 Å². The quantitative estimate of drug-likeness (QED) is 0.838. The number of carbonyl (C=O) groups is 1. The Morgan fingerprint density at radius 3 is 2.67 bits per heavy atom. The Hall–Kier alpha value is -2.81. The average molecular weight is 242 g/mol. The van der Waals surface area contributed by atoms with Crippen molar-refractivity contribution in [2.45, 2.75) is 6.54 Å². The monoisotopic (exact) mass is 242 g/mol. The molecule has 90 valence electrons. The van der Waals surface area contributed by atoms with Crippen LogP contribution in [0.4, 0.5) is 5.82 Å². The number of carboxylic acid groups (broad SMARTS) is 1. The molecule has 1 aromatic carbocycles. The molecule has 6 nitrogen and oxygen atoms in total. The van der Waals surface area contributed by atoms with E-state index in [4.69, 9.17) is 16.1 Å². The third-order valence-electron chi connectivity index (χ3n) is 2.44. The number of rotatable bonds is 3. The smallest absolute Gasteiger partial charge is 0.325 e. The van der Waals surface area contributed by atoms with Gasteiger partial charge in [0.05, 0.1) is 0 Å². The molecule has 0 amide bonds. The van der Waals surface area contributed by atoms with Crippen LogP contribution in [0.15, 0.2) is 30.3 Å². The van der Waals surface area contributed by atoms with Gasteiger partial charge in [-0.2, -0.15) is 10.4 Å². The van der Waals surface area contributed by atoms with Gasteiger partial charge in [-0.15, -0.1) is 0 Å². The van der Waals surface area contributed by atoms with Crippen LogP contribution in [0.3, 0.4) is 0 Å². The lowest BCUT2D eigenvalue weighted by Gasteiger charge is -1.97. The first-order valence-corrected chi connectivity index (χ1v) is 5.17. The van der Waals surface area contributed by atoms with Crippen molar-refractivity contribution < 1.29 is 9.90 Å². The van der Waals surface area contributed by atoms with Gasteiger partial charge in [0.2, 0.25) is 0 Å². The Morgan fingerprint density at radius 2 is 2.11 bits per heavy atom. The zero-order valence-electron chi connectivity index (χ0n) is 9.37. The van der Waals surface area contributed by atoms with Gasteiger partial charge in [-0.3, -0.25) is 4.79 Å². The highest BCUT2D eigenvalue weighted by Gasteiger charge is 2.17. The van der Waals surface area contributed by atoms with Crippen LogP contribution in [0, 0.1) is 11.3 Å². The summed E-state index contributed by atoms with van der Waals surface area (Å²) in [5.74, 6) is -0.993. The lowest BCUT2D eigenvalue weighted by molar-refractivity contribution is -0.137. The molecule has 1 aromatic heterocycles. The van der Waals surface area contributed by atoms with Crippen LogP contribution in [0.5, 0.6) is 0 Å². The second-order valence-corrected chi connectivity index (χ2v) is 3.64. The highest BCUT2D eigenvalue weighted by atomic mass is 16.4. The van der Waals surface area contributed by atoms with Crippen LogP contribution in [0.25, 0.3) is 11.3 Å². The third kappa shape index (κ3) is 2.01. The van der Waals surface area contributed by atoms with E-state index in [1.807, 2.05) is 24.3 Å². The van der Waals surface area contributed by atoms with Gasteiger partial charge in [-0.05, 0) is 0 Å². The van der Waals surface area contributed by atoms with E-state index in [1.165, 1.54) is 0 Å². The van der Waals surface area contributed by atoms with E-state index in [-0.39, 0.29) is 17.9 Å². The fraction of sp³-hybridized carbons (Fsp3) is 0.0833. The van der Waals surface area contributed by atoms with E-state index in [9.17, 15) is 4.79 Å². The summed E-state index contributed by atoms with van der Waals surface area (Å²) < 4.78 is 1.11. The number of nitriles is 1. The largest absolute Gasteiger partial charge is 0.480 e. The second-order valence-electron chi connectivity index (χ2n) is 3.64. The Balaban J connectivity index is 2.55. The summed E-state index contributed by atoms with van der Waals surface area (Å²) in [6.07, 6.45) is 0. The number of aliphatic carboxylic acids is 1. The van der Waals surface area contributed by atoms with Crippen molar-refractivity contribution in [3.05, 3.63) is 35.9 Å². The number of carboxylic acids is 1. The van der Waals surface area contributed by atoms with Crippen molar-refractivity contribution >= 4 is 11.8 Å². The molecular weight excluding hydrogens is 232 g/mol. The highest BCUT2D eigenvalue weighted by Crippen LogP contribution is 2.26. The van der Waals surface area contributed by atoms with Gasteiger partial charge in [0.15, 0.2) is 0 Å². The number of nitrogens with zero attached hydrogens (tertiary/aromatic N) is 3. The summed E-state index contributed by atoms with van der Waals surface area (Å²) >= 11 is 0. The zero-order valence-corrected chi connectivity index (χ0v) is 9.37. The van der Waals surface area contributed by atoms with E-state index in [0.717, 1.165) is 10.2 Å². The van der Waals surface area contributed by atoms with Crippen LogP contribution >= 0.6 is 0 Å². The van der Waals surface area contributed by atoms with Gasteiger partial charge in [0.25, 0.3) is 0 Å². The summed E-state index contributed by atoms with van der Waals surface area (Å²) in [6, 6.07) is 11.0. The first-order valence-electron chi connectivity index (χ1n) is 5.17. The summed E-state index contributed by atoms with van der Waals surface area (Å²) in [5.41, 5.74) is 7.04. The molecule has 0 bridgehead atoms. The zero-order chi connectivity index (χ0) is 13.1. The number of nitrogens with two attached hydrogens (primary N) is 1. The molecule has 0 fully saturated rings. The Morgan fingerprint density at radius 1 is 1.44 bits per heavy atom. The van der Waals surface area contributed by atoms with E-state index in [2.05, 4.69) is 5.10 Å². The van der Waals surface area contributed by atoms with Crippen molar-refractivity contribution in [3.63, 3.8) is 0 Å². The Bertz CT molecular complexity index is 626. The van der Waals surface area contributed by atoms with Gasteiger partial charge < -0.3 is 10.8 Å². The van der Waals surface area contributed by atoms with Crippen molar-refractivity contribution in [1.82, 2.24) is 9.78 Å². The predicted octanol–water partition coefficient (Wildman–Crippen LogP) is 1.09. The molecule has 0 unspecified atom stereocenters. The predicted molar refractivity (Wildman–Crippen MR) is 64.4 cm³/mol. The summed E-state index contributed by atoms with van der Waals surface area (Å²) in [6.45, 7) is -0.368. The fourth-order valence-electron chi connectivity index (χ4n) is 1.63. The minimum absolute atomic E-state index is 0.0683. The van der Waals surface area contributed by atoms with Crippen LogP contribution in [-0.2, 0) is 11.3 Å². The van der Waals surface area contributed by atoms with Gasteiger partial charge in [0.1, 0.15) is 29.7 Å². The maximum atomic E-state index is 10.7. The van der Waals surface area contributed by atoms with Crippen LogP contribution in [0.1, 0.15) is 5.56 Å². The molecule has 0 aliphatic heterocycles. The van der Waals surface area contributed by atoms with Gasteiger partial charge in [-0.1, -0.05) is 30.3 Å². The molecule has 0 saturated heterocycles. The van der Waals surface area contributed by atoms with Crippen molar-refractivity contribution in [3.8, 4) is 17.3 Å². The van der Waals surface area contributed by atoms with Crippen LogP contribution in [0.2, 0.25) is 0 Å². The van der Waals surface area contributed by atoms with E-state index < -0.39 is 5.97 Å². The molecule has 0 atom stereocenters. The van der Waals surface area contributed by atoms with Crippen LogP contribution < -0.4 is 5.73 Å². The molecule has 0 saturated carbocycles. The van der Waals surface area contributed by atoms with Crippen molar-refractivity contribution in [1.29, 1.82) is 5.26 Å². The van der Waals surface area contributed by atoms with E-state index >= 15 is 0 Å². The second kappa shape index (κ2) is 4.59. The molecule has 18 heavy (non-hydrogen) atoms. The third-order valence-corrected chi connectivity index (χ3v) is 2.44. The van der Waals surface area contributed by atoms with E-state index in [1.54, 1.807) is 12.1 Å².